The topological polar surface area (TPSA) is 61.8 Å². The van der Waals surface area contributed by atoms with Crippen molar-refractivity contribution < 1.29 is 23.8 Å². The van der Waals surface area contributed by atoms with E-state index >= 15 is 0 Å². The molecule has 70 heavy (non-hydrogen) atoms. The zero-order chi connectivity index (χ0) is 50.6. The van der Waals surface area contributed by atoms with Crippen LogP contribution < -0.4 is 0 Å². The van der Waals surface area contributed by atoms with Gasteiger partial charge in [0.05, 0.1) is 6.61 Å². The second-order valence-electron chi connectivity index (χ2n) is 18.8. The summed E-state index contributed by atoms with van der Waals surface area (Å²) in [5.41, 5.74) is 0. The van der Waals surface area contributed by atoms with Crippen molar-refractivity contribution >= 4 is 11.9 Å². The van der Waals surface area contributed by atoms with Gasteiger partial charge < -0.3 is 14.2 Å². The molecule has 0 amide bonds. The highest BCUT2D eigenvalue weighted by Crippen LogP contribution is 2.14. The molecule has 1 atom stereocenters. The first kappa shape index (κ1) is 66.3. The van der Waals surface area contributed by atoms with Crippen LogP contribution in [-0.4, -0.2) is 37.9 Å². The highest BCUT2D eigenvalue weighted by Gasteiger charge is 2.17. The van der Waals surface area contributed by atoms with E-state index in [1.165, 1.54) is 89.9 Å². The maximum absolute atomic E-state index is 12.9. The van der Waals surface area contributed by atoms with Gasteiger partial charge in [-0.3, -0.25) is 9.59 Å². The Morgan fingerprint density at radius 3 is 1.04 bits per heavy atom. The Balaban J connectivity index is 4.41. The van der Waals surface area contributed by atoms with E-state index in [1.54, 1.807) is 0 Å². The van der Waals surface area contributed by atoms with Gasteiger partial charge in [-0.05, 0) is 128 Å². The maximum atomic E-state index is 12.9. The van der Waals surface area contributed by atoms with Crippen LogP contribution >= 0.6 is 0 Å². The third-order valence-corrected chi connectivity index (χ3v) is 12.0. The number of carbonyl (C=O) groups excluding carboxylic acids is 2. The molecule has 0 bridgehead atoms. The molecule has 0 aromatic rings. The van der Waals surface area contributed by atoms with Crippen molar-refractivity contribution in [3.8, 4) is 0 Å². The van der Waals surface area contributed by atoms with Crippen LogP contribution in [0, 0.1) is 0 Å². The van der Waals surface area contributed by atoms with Gasteiger partial charge in [0.15, 0.2) is 6.10 Å². The molecule has 0 aromatic heterocycles. The number of esters is 2. The number of allylic oxidation sites excluding steroid dienone is 20. The van der Waals surface area contributed by atoms with Crippen molar-refractivity contribution in [2.24, 2.45) is 0 Å². The first-order chi connectivity index (χ1) is 34.6. The lowest BCUT2D eigenvalue weighted by molar-refractivity contribution is -0.163. The average Bonchev–Trinajstić information content (AvgIpc) is 3.36. The predicted octanol–water partition coefficient (Wildman–Crippen LogP) is 20.1. The third kappa shape index (κ3) is 56.9. The summed E-state index contributed by atoms with van der Waals surface area (Å²) >= 11 is 0. The lowest BCUT2D eigenvalue weighted by Crippen LogP contribution is -2.30. The van der Waals surface area contributed by atoms with Crippen LogP contribution in [0.15, 0.2) is 122 Å². The van der Waals surface area contributed by atoms with E-state index < -0.39 is 6.10 Å². The van der Waals surface area contributed by atoms with Gasteiger partial charge in [0.2, 0.25) is 0 Å². The standard InChI is InChI=1S/C65H108O5/c1-4-7-10-13-16-19-22-25-28-31-33-35-37-40-43-46-49-52-55-58-64(66)69-62-63(61-68-60-57-54-51-48-45-42-39-36-32-29-26-23-20-17-14-11-8-5-2)70-65(67)59-56-53-50-47-44-41-38-34-30-27-24-21-18-15-12-9-6-3/h8-9,11-12,17-18,20-21,25-30,36,38-39,41,45,48,63H,4-7,10,13-16,19,22-24,31-35,37,40,42-44,46-47,49-62H2,1-3H3/b11-8-,12-9-,20-17-,21-18-,28-25-,29-26-,30-27-,39-36-,41-38-,48-45-. The van der Waals surface area contributed by atoms with Gasteiger partial charge in [-0.2, -0.15) is 0 Å². The average molecular weight is 970 g/mol. The summed E-state index contributed by atoms with van der Waals surface area (Å²) < 4.78 is 17.4. The molecule has 0 aliphatic heterocycles. The Kier molecular flexibility index (Phi) is 56.5. The normalized spacial score (nSPS) is 13.1. The molecular weight excluding hydrogens is 861 g/mol. The van der Waals surface area contributed by atoms with Crippen LogP contribution in [0.25, 0.3) is 0 Å². The van der Waals surface area contributed by atoms with Crippen LogP contribution in [0.2, 0.25) is 0 Å². The second-order valence-corrected chi connectivity index (χ2v) is 18.8. The molecule has 1 unspecified atom stereocenters. The molecule has 0 aromatic carbocycles. The fourth-order valence-corrected chi connectivity index (χ4v) is 7.70. The molecule has 0 aliphatic carbocycles. The van der Waals surface area contributed by atoms with Crippen LogP contribution in [0.4, 0.5) is 0 Å². The monoisotopic (exact) mass is 969 g/mol. The van der Waals surface area contributed by atoms with Gasteiger partial charge >= 0.3 is 11.9 Å². The number of hydrogen-bond acceptors (Lipinski definition) is 5. The van der Waals surface area contributed by atoms with Gasteiger partial charge in [0.1, 0.15) is 6.61 Å². The second kappa shape index (κ2) is 59.6. The van der Waals surface area contributed by atoms with E-state index in [0.29, 0.717) is 19.4 Å². The predicted molar refractivity (Wildman–Crippen MR) is 306 cm³/mol. The summed E-state index contributed by atoms with van der Waals surface area (Å²) in [5, 5.41) is 0. The number of unbranched alkanes of at least 4 members (excludes halogenated alkanes) is 21. The molecular formula is C65H108O5. The van der Waals surface area contributed by atoms with Crippen LogP contribution in [0.1, 0.15) is 252 Å². The Morgan fingerprint density at radius 2 is 0.643 bits per heavy atom. The quantitative estimate of drug-likeness (QED) is 0.0345. The Bertz CT molecular complexity index is 1420. The summed E-state index contributed by atoms with van der Waals surface area (Å²) in [6, 6.07) is 0. The van der Waals surface area contributed by atoms with Gasteiger partial charge in [0.25, 0.3) is 0 Å². The van der Waals surface area contributed by atoms with Crippen LogP contribution in [-0.2, 0) is 23.8 Å². The maximum Gasteiger partial charge on any atom is 0.306 e. The summed E-state index contributed by atoms with van der Waals surface area (Å²) in [6.07, 6.45) is 83.7. The molecule has 0 radical (unpaired) electrons. The van der Waals surface area contributed by atoms with Crippen molar-refractivity contribution in [2.45, 2.75) is 258 Å². The van der Waals surface area contributed by atoms with E-state index in [4.69, 9.17) is 14.2 Å². The Hall–Kier alpha value is -3.70. The summed E-state index contributed by atoms with van der Waals surface area (Å²) in [6.45, 7) is 7.47. The number of hydrogen-bond donors (Lipinski definition) is 0. The molecule has 0 spiro atoms. The van der Waals surface area contributed by atoms with E-state index in [-0.39, 0.29) is 25.2 Å². The molecule has 0 N–H and O–H groups in total. The SMILES string of the molecule is CC/C=C\C/C=C\C/C=C\C/C=C\C/C=C\CCCCOCC(COC(=O)CCCCCCCCCCC/C=C\CCCCCCCC)OC(=O)CCCCCC/C=C\C/C=C\C/C=C\C/C=C\CC. The smallest absolute Gasteiger partial charge is 0.306 e. The molecule has 5 heteroatoms. The minimum Gasteiger partial charge on any atom is -0.462 e. The minimum absolute atomic E-state index is 0.0500. The van der Waals surface area contributed by atoms with Gasteiger partial charge in [0, 0.05) is 19.4 Å². The van der Waals surface area contributed by atoms with Crippen molar-refractivity contribution in [1.29, 1.82) is 0 Å². The van der Waals surface area contributed by atoms with Crippen LogP contribution in [0.5, 0.6) is 0 Å². The third-order valence-electron chi connectivity index (χ3n) is 12.0. The first-order valence-corrected chi connectivity index (χ1v) is 29.1. The Labute approximate surface area is 433 Å². The highest BCUT2D eigenvalue weighted by molar-refractivity contribution is 5.70. The fourth-order valence-electron chi connectivity index (χ4n) is 7.70. The number of ether oxygens (including phenoxy) is 3. The molecule has 0 fully saturated rings. The van der Waals surface area contributed by atoms with Gasteiger partial charge in [-0.25, -0.2) is 0 Å². The zero-order valence-corrected chi connectivity index (χ0v) is 45.7. The number of rotatable bonds is 52. The largest absolute Gasteiger partial charge is 0.462 e. The van der Waals surface area contributed by atoms with Crippen molar-refractivity contribution in [1.82, 2.24) is 0 Å². The molecule has 0 aliphatic rings. The lowest BCUT2D eigenvalue weighted by atomic mass is 10.1. The van der Waals surface area contributed by atoms with Gasteiger partial charge in [-0.1, -0.05) is 232 Å². The molecule has 0 rings (SSSR count). The van der Waals surface area contributed by atoms with Crippen LogP contribution in [0.3, 0.4) is 0 Å². The fraction of sp³-hybridized carbons (Fsp3) is 0.662. The zero-order valence-electron chi connectivity index (χ0n) is 45.7. The molecule has 0 saturated heterocycles. The summed E-state index contributed by atoms with van der Waals surface area (Å²) in [7, 11) is 0. The summed E-state index contributed by atoms with van der Waals surface area (Å²) in [5.74, 6) is -0.454. The molecule has 5 nitrogen and oxygen atoms in total. The lowest BCUT2D eigenvalue weighted by Gasteiger charge is -2.18. The number of carbonyl (C=O) groups is 2. The van der Waals surface area contributed by atoms with E-state index in [1.807, 2.05) is 0 Å². The van der Waals surface area contributed by atoms with E-state index in [0.717, 1.165) is 128 Å². The molecule has 398 valence electrons. The van der Waals surface area contributed by atoms with Crippen molar-refractivity contribution in [3.05, 3.63) is 122 Å². The van der Waals surface area contributed by atoms with Crippen molar-refractivity contribution in [2.75, 3.05) is 19.8 Å². The summed E-state index contributed by atoms with van der Waals surface area (Å²) in [4.78, 5) is 25.5. The molecule has 0 heterocycles. The minimum atomic E-state index is -0.582. The highest BCUT2D eigenvalue weighted by atomic mass is 16.6. The first-order valence-electron chi connectivity index (χ1n) is 29.1. The van der Waals surface area contributed by atoms with Crippen molar-refractivity contribution in [3.63, 3.8) is 0 Å². The molecule has 0 saturated carbocycles. The van der Waals surface area contributed by atoms with Gasteiger partial charge in [-0.15, -0.1) is 0 Å². The van der Waals surface area contributed by atoms with E-state index in [9.17, 15) is 9.59 Å². The van der Waals surface area contributed by atoms with E-state index in [2.05, 4.69) is 142 Å². The Morgan fingerprint density at radius 1 is 0.329 bits per heavy atom.